The molecule has 6 nitrogen and oxygen atoms in total. The number of carbonyl (C=O) groups is 1. The number of aromatic amines is 1. The minimum Gasteiger partial charge on any atom is -0.356 e. The van der Waals surface area contributed by atoms with Gasteiger partial charge >= 0.3 is 0 Å². The minimum atomic E-state index is -3.69. The first-order chi connectivity index (χ1) is 9.36. The van der Waals surface area contributed by atoms with E-state index in [-0.39, 0.29) is 10.8 Å². The van der Waals surface area contributed by atoms with E-state index in [1.54, 1.807) is 24.4 Å². The highest BCUT2D eigenvalue weighted by molar-refractivity contribution is 9.10. The maximum absolute atomic E-state index is 11.8. The molecule has 106 valence electrons. The summed E-state index contributed by atoms with van der Waals surface area (Å²) in [4.78, 5) is 14.6. The summed E-state index contributed by atoms with van der Waals surface area (Å²) < 4.78 is 23.0. The van der Waals surface area contributed by atoms with Gasteiger partial charge in [-0.15, -0.1) is 0 Å². The van der Waals surface area contributed by atoms with Crippen LogP contribution in [0.5, 0.6) is 0 Å². The molecule has 1 amide bonds. The number of amides is 1. The first kappa shape index (κ1) is 14.8. The summed E-state index contributed by atoms with van der Waals surface area (Å²) in [5.74, 6) is -0.244. The Morgan fingerprint density at radius 3 is 2.45 bits per heavy atom. The van der Waals surface area contributed by atoms with Crippen LogP contribution in [-0.2, 0) is 16.6 Å². The normalized spacial score (nSPS) is 11.3. The Kier molecular flexibility index (Phi) is 4.26. The molecule has 0 saturated carbocycles. The van der Waals surface area contributed by atoms with Crippen LogP contribution >= 0.6 is 15.9 Å². The fraction of sp³-hybridized carbons (Fsp3) is 0.0833. The highest BCUT2D eigenvalue weighted by Crippen LogP contribution is 2.11. The number of hydrogen-bond acceptors (Lipinski definition) is 3. The second-order valence-corrected chi connectivity index (χ2v) is 6.58. The lowest BCUT2D eigenvalue weighted by molar-refractivity contribution is 0.0946. The van der Waals surface area contributed by atoms with Crippen molar-refractivity contribution in [2.45, 2.75) is 11.4 Å². The minimum absolute atomic E-state index is 0.0425. The molecule has 0 aliphatic rings. The summed E-state index contributed by atoms with van der Waals surface area (Å²) in [6.07, 6.45) is 1.66. The van der Waals surface area contributed by atoms with Crippen molar-refractivity contribution >= 4 is 31.9 Å². The molecule has 2 aromatic rings. The lowest BCUT2D eigenvalue weighted by Gasteiger charge is -2.05. The fourth-order valence-corrected chi connectivity index (χ4v) is 2.43. The molecule has 20 heavy (non-hydrogen) atoms. The quantitative estimate of drug-likeness (QED) is 0.768. The molecule has 0 aliphatic carbocycles. The number of hydrogen-bond donors (Lipinski definition) is 3. The summed E-state index contributed by atoms with van der Waals surface area (Å²) in [5.41, 5.74) is 1.22. The van der Waals surface area contributed by atoms with E-state index < -0.39 is 10.0 Å². The number of nitrogens with one attached hydrogen (secondary N) is 2. The Hall–Kier alpha value is -1.64. The largest absolute Gasteiger partial charge is 0.356 e. The van der Waals surface area contributed by atoms with Gasteiger partial charge in [-0.2, -0.15) is 0 Å². The maximum atomic E-state index is 11.8. The topological polar surface area (TPSA) is 105 Å². The van der Waals surface area contributed by atoms with Crippen molar-refractivity contribution in [1.82, 2.24) is 10.3 Å². The molecule has 0 radical (unpaired) electrons. The molecule has 1 heterocycles. The Bertz CT molecular complexity index is 723. The Balaban J connectivity index is 1.99. The third-order valence-electron chi connectivity index (χ3n) is 2.60. The van der Waals surface area contributed by atoms with E-state index in [0.717, 1.165) is 10.0 Å². The number of rotatable bonds is 4. The average Bonchev–Trinajstić information content (AvgIpc) is 2.82. The fourth-order valence-electron chi connectivity index (χ4n) is 1.57. The lowest BCUT2D eigenvalue weighted by Crippen LogP contribution is -2.23. The van der Waals surface area contributed by atoms with Crippen LogP contribution in [0.4, 0.5) is 0 Å². The second-order valence-electron chi connectivity index (χ2n) is 4.10. The van der Waals surface area contributed by atoms with E-state index in [4.69, 9.17) is 5.14 Å². The van der Waals surface area contributed by atoms with Crippen molar-refractivity contribution in [1.29, 1.82) is 0 Å². The van der Waals surface area contributed by atoms with Crippen molar-refractivity contribution in [3.63, 3.8) is 0 Å². The van der Waals surface area contributed by atoms with Gasteiger partial charge in [-0.1, -0.05) is 12.1 Å². The highest BCUT2D eigenvalue weighted by Gasteiger charge is 2.09. The SMILES string of the molecule is NS(=O)(=O)c1ccc(CNC(=O)c2cc(Br)c[nH]2)cc1. The van der Waals surface area contributed by atoms with Gasteiger partial charge < -0.3 is 10.3 Å². The van der Waals surface area contributed by atoms with E-state index in [9.17, 15) is 13.2 Å². The highest BCUT2D eigenvalue weighted by atomic mass is 79.9. The van der Waals surface area contributed by atoms with Crippen molar-refractivity contribution in [3.8, 4) is 0 Å². The average molecular weight is 358 g/mol. The number of primary sulfonamides is 1. The molecule has 0 unspecified atom stereocenters. The second kappa shape index (κ2) is 5.78. The Labute approximate surface area is 124 Å². The first-order valence-electron chi connectivity index (χ1n) is 5.60. The van der Waals surface area contributed by atoms with Crippen LogP contribution in [0.3, 0.4) is 0 Å². The summed E-state index contributed by atoms with van der Waals surface area (Å²) in [5, 5.41) is 7.72. The third kappa shape index (κ3) is 3.69. The number of benzene rings is 1. The van der Waals surface area contributed by atoms with Crippen LogP contribution in [0.2, 0.25) is 0 Å². The van der Waals surface area contributed by atoms with Gasteiger partial charge in [0.1, 0.15) is 5.69 Å². The number of aromatic nitrogens is 1. The summed E-state index contributed by atoms with van der Waals surface area (Å²) in [7, 11) is -3.69. The molecule has 2 rings (SSSR count). The van der Waals surface area contributed by atoms with Crippen LogP contribution in [0.1, 0.15) is 16.1 Å². The van der Waals surface area contributed by atoms with Gasteiger partial charge in [0.25, 0.3) is 5.91 Å². The molecule has 0 atom stereocenters. The van der Waals surface area contributed by atoms with Gasteiger partial charge in [0.2, 0.25) is 10.0 Å². The zero-order valence-electron chi connectivity index (χ0n) is 10.3. The smallest absolute Gasteiger partial charge is 0.267 e. The maximum Gasteiger partial charge on any atom is 0.267 e. The molecule has 1 aromatic heterocycles. The van der Waals surface area contributed by atoms with E-state index in [1.165, 1.54) is 12.1 Å². The molecule has 1 aromatic carbocycles. The van der Waals surface area contributed by atoms with E-state index in [0.29, 0.717) is 12.2 Å². The zero-order valence-corrected chi connectivity index (χ0v) is 12.7. The summed E-state index contributed by atoms with van der Waals surface area (Å²) >= 11 is 3.24. The van der Waals surface area contributed by atoms with Crippen LogP contribution in [0, 0.1) is 0 Å². The number of sulfonamides is 1. The predicted octanol–water partition coefficient (Wildman–Crippen LogP) is 1.35. The predicted molar refractivity (Wildman–Crippen MR) is 77.5 cm³/mol. The standard InChI is InChI=1S/C12H12BrN3O3S/c13-9-5-11(15-7-9)12(17)16-6-8-1-3-10(4-2-8)20(14,18)19/h1-5,7,15H,6H2,(H,16,17)(H2,14,18,19). The van der Waals surface area contributed by atoms with E-state index in [1.807, 2.05) is 0 Å². The molecule has 4 N–H and O–H groups in total. The van der Waals surface area contributed by atoms with Crippen molar-refractivity contribution in [2.24, 2.45) is 5.14 Å². The molecular weight excluding hydrogens is 346 g/mol. The number of carbonyl (C=O) groups excluding carboxylic acids is 1. The Morgan fingerprint density at radius 2 is 1.95 bits per heavy atom. The van der Waals surface area contributed by atoms with Crippen LogP contribution in [-0.4, -0.2) is 19.3 Å². The van der Waals surface area contributed by atoms with Crippen molar-refractivity contribution in [2.75, 3.05) is 0 Å². The number of H-pyrrole nitrogens is 1. The van der Waals surface area contributed by atoms with Gasteiger partial charge in [-0.3, -0.25) is 4.79 Å². The molecule has 0 saturated heterocycles. The molecule has 0 aliphatic heterocycles. The zero-order chi connectivity index (χ0) is 14.8. The number of nitrogens with two attached hydrogens (primary N) is 1. The molecule has 8 heteroatoms. The van der Waals surface area contributed by atoms with Gasteiger partial charge in [0.05, 0.1) is 4.90 Å². The lowest BCUT2D eigenvalue weighted by atomic mass is 10.2. The Morgan fingerprint density at radius 1 is 1.30 bits per heavy atom. The summed E-state index contributed by atoms with van der Waals surface area (Å²) in [6.45, 7) is 0.292. The molecule has 0 bridgehead atoms. The molecule has 0 fully saturated rings. The monoisotopic (exact) mass is 357 g/mol. The third-order valence-corrected chi connectivity index (χ3v) is 3.98. The van der Waals surface area contributed by atoms with Crippen LogP contribution in [0.25, 0.3) is 0 Å². The number of halogens is 1. The van der Waals surface area contributed by atoms with Gasteiger partial charge in [-0.25, -0.2) is 13.6 Å². The van der Waals surface area contributed by atoms with Crippen molar-refractivity contribution < 1.29 is 13.2 Å². The van der Waals surface area contributed by atoms with Gasteiger partial charge in [0, 0.05) is 17.2 Å². The molecular formula is C12H12BrN3O3S. The first-order valence-corrected chi connectivity index (χ1v) is 7.94. The van der Waals surface area contributed by atoms with E-state index >= 15 is 0 Å². The van der Waals surface area contributed by atoms with E-state index in [2.05, 4.69) is 26.2 Å². The van der Waals surface area contributed by atoms with Crippen molar-refractivity contribution in [3.05, 3.63) is 52.3 Å². The van der Waals surface area contributed by atoms with Gasteiger partial charge in [0.15, 0.2) is 0 Å². The summed E-state index contributed by atoms with van der Waals surface area (Å²) in [6, 6.07) is 7.68. The van der Waals surface area contributed by atoms with Crippen LogP contribution in [0.15, 0.2) is 45.9 Å². The molecule has 0 spiro atoms. The van der Waals surface area contributed by atoms with Gasteiger partial charge in [-0.05, 0) is 39.7 Å². The van der Waals surface area contributed by atoms with Crippen LogP contribution < -0.4 is 10.5 Å².